The van der Waals surface area contributed by atoms with Crippen molar-refractivity contribution in [2.45, 2.75) is 25.8 Å². The third kappa shape index (κ3) is 5.12. The molecule has 0 radical (unpaired) electrons. The summed E-state index contributed by atoms with van der Waals surface area (Å²) in [5, 5.41) is 4.57. The normalized spacial score (nSPS) is 14.7. The van der Waals surface area contributed by atoms with Crippen molar-refractivity contribution in [3.63, 3.8) is 0 Å². The van der Waals surface area contributed by atoms with Gasteiger partial charge in [-0.05, 0) is 5.56 Å². The number of hydrogen-bond acceptors (Lipinski definition) is 5. The number of sulfonamides is 1. The monoisotopic (exact) mass is 377 g/mol. The average Bonchev–Trinajstić information content (AvgIpc) is 2.85. The molecule has 2 heterocycles. The Balaban J connectivity index is 1.55. The van der Waals surface area contributed by atoms with Gasteiger partial charge in [0.1, 0.15) is 5.82 Å². The highest BCUT2D eigenvalue weighted by atomic mass is 32.2. The Hall–Kier alpha value is -2.26. The molecule has 0 spiro atoms. The summed E-state index contributed by atoms with van der Waals surface area (Å²) < 4.78 is 26.4. The molecule has 0 unspecified atom stereocenters. The van der Waals surface area contributed by atoms with Crippen molar-refractivity contribution >= 4 is 15.9 Å². The predicted octanol–water partition coefficient (Wildman–Crippen LogP) is 0.193. The fourth-order valence-corrected chi connectivity index (χ4v) is 3.43. The summed E-state index contributed by atoms with van der Waals surface area (Å²) in [6, 6.07) is 10.1. The van der Waals surface area contributed by atoms with Crippen molar-refractivity contribution < 1.29 is 13.2 Å². The number of rotatable bonds is 6. The van der Waals surface area contributed by atoms with Gasteiger partial charge in [0.2, 0.25) is 15.9 Å². The Kier molecular flexibility index (Phi) is 5.67. The van der Waals surface area contributed by atoms with Crippen molar-refractivity contribution in [2.75, 3.05) is 25.9 Å². The summed E-state index contributed by atoms with van der Waals surface area (Å²) in [6.07, 6.45) is 2.58. The van der Waals surface area contributed by atoms with E-state index in [2.05, 4.69) is 26.9 Å². The summed E-state index contributed by atoms with van der Waals surface area (Å²) >= 11 is 0. The first kappa shape index (κ1) is 18.5. The second-order valence-corrected chi connectivity index (χ2v) is 8.21. The maximum absolute atomic E-state index is 12.3. The first-order valence-electron chi connectivity index (χ1n) is 8.59. The van der Waals surface area contributed by atoms with Gasteiger partial charge in [0.05, 0.1) is 12.8 Å². The van der Waals surface area contributed by atoms with Gasteiger partial charge in [-0.3, -0.25) is 4.79 Å². The van der Waals surface area contributed by atoms with Crippen LogP contribution in [0.3, 0.4) is 0 Å². The molecule has 3 rings (SSSR count). The largest absolute Gasteiger partial charge is 0.340 e. The quantitative estimate of drug-likeness (QED) is 0.775. The van der Waals surface area contributed by atoms with Crippen LogP contribution in [0.5, 0.6) is 0 Å². The lowest BCUT2D eigenvalue weighted by atomic mass is 10.1. The van der Waals surface area contributed by atoms with Crippen molar-refractivity contribution in [1.82, 2.24) is 24.4 Å². The molecule has 140 valence electrons. The van der Waals surface area contributed by atoms with E-state index < -0.39 is 10.0 Å². The Morgan fingerprint density at radius 1 is 1.19 bits per heavy atom. The average molecular weight is 377 g/mol. The van der Waals surface area contributed by atoms with Crippen LogP contribution < -0.4 is 4.72 Å². The van der Waals surface area contributed by atoms with Crippen LogP contribution in [0.1, 0.15) is 23.6 Å². The minimum Gasteiger partial charge on any atom is -0.340 e. The number of nitrogens with zero attached hydrogens (tertiary/aromatic N) is 4. The zero-order valence-electron chi connectivity index (χ0n) is 14.8. The minimum absolute atomic E-state index is 0.0589. The number of carbonyl (C=O) groups is 1. The standard InChI is InChI=1S/C17H23N5O3S/c1-26(24,25)18-9-7-17(23)21-10-8-16-19-15(20-22(16)12-11-21)13-14-5-3-2-4-6-14/h2-6,18H,7-13H2,1H3. The highest BCUT2D eigenvalue weighted by Crippen LogP contribution is 2.11. The van der Waals surface area contributed by atoms with E-state index in [1.807, 2.05) is 22.9 Å². The van der Waals surface area contributed by atoms with Crippen molar-refractivity contribution in [1.29, 1.82) is 0 Å². The lowest BCUT2D eigenvalue weighted by Gasteiger charge is -2.19. The molecule has 1 aromatic heterocycles. The number of carbonyl (C=O) groups excluding carboxylic acids is 1. The molecule has 0 fully saturated rings. The van der Waals surface area contributed by atoms with Crippen LogP contribution in [0.4, 0.5) is 0 Å². The van der Waals surface area contributed by atoms with Gasteiger partial charge in [-0.15, -0.1) is 0 Å². The van der Waals surface area contributed by atoms with Gasteiger partial charge in [0.15, 0.2) is 5.82 Å². The predicted molar refractivity (Wildman–Crippen MR) is 97.0 cm³/mol. The van der Waals surface area contributed by atoms with E-state index in [4.69, 9.17) is 0 Å². The first-order chi connectivity index (χ1) is 12.4. The van der Waals surface area contributed by atoms with Crippen molar-refractivity contribution in [3.8, 4) is 0 Å². The van der Waals surface area contributed by atoms with Gasteiger partial charge in [0.25, 0.3) is 0 Å². The van der Waals surface area contributed by atoms with Gasteiger partial charge in [0, 0.05) is 38.9 Å². The molecule has 1 aliphatic rings. The SMILES string of the molecule is CS(=O)(=O)NCCC(=O)N1CCc2nc(Cc3ccccc3)nn2CC1. The lowest BCUT2D eigenvalue weighted by Crippen LogP contribution is -2.36. The van der Waals surface area contributed by atoms with Crippen LogP contribution in [-0.2, 0) is 34.2 Å². The van der Waals surface area contributed by atoms with E-state index in [9.17, 15) is 13.2 Å². The van der Waals surface area contributed by atoms with E-state index in [1.54, 1.807) is 4.90 Å². The molecule has 0 aliphatic carbocycles. The Morgan fingerprint density at radius 3 is 2.69 bits per heavy atom. The van der Waals surface area contributed by atoms with Crippen LogP contribution in [0, 0.1) is 0 Å². The molecule has 2 aromatic rings. The Morgan fingerprint density at radius 2 is 1.96 bits per heavy atom. The van der Waals surface area contributed by atoms with Crippen LogP contribution >= 0.6 is 0 Å². The van der Waals surface area contributed by atoms with Crippen molar-refractivity contribution in [2.24, 2.45) is 0 Å². The zero-order valence-corrected chi connectivity index (χ0v) is 15.6. The fraction of sp³-hybridized carbons (Fsp3) is 0.471. The van der Waals surface area contributed by atoms with E-state index >= 15 is 0 Å². The number of fused-ring (bicyclic) bond motifs is 1. The lowest BCUT2D eigenvalue weighted by molar-refractivity contribution is -0.131. The zero-order chi connectivity index (χ0) is 18.6. The molecule has 0 saturated heterocycles. The van der Waals surface area contributed by atoms with Gasteiger partial charge in [-0.25, -0.2) is 22.8 Å². The summed E-state index contributed by atoms with van der Waals surface area (Å²) in [4.78, 5) is 18.6. The third-order valence-electron chi connectivity index (χ3n) is 4.24. The number of nitrogens with one attached hydrogen (secondary N) is 1. The van der Waals surface area contributed by atoms with Crippen molar-refractivity contribution in [3.05, 3.63) is 47.5 Å². The smallest absolute Gasteiger partial charge is 0.223 e. The Bertz CT molecular complexity index is 838. The molecular formula is C17H23N5O3S. The summed E-state index contributed by atoms with van der Waals surface area (Å²) in [6.45, 7) is 1.85. The van der Waals surface area contributed by atoms with E-state index in [1.165, 1.54) is 5.56 Å². The highest BCUT2D eigenvalue weighted by Gasteiger charge is 2.20. The number of hydrogen-bond donors (Lipinski definition) is 1. The number of benzene rings is 1. The minimum atomic E-state index is -3.27. The second kappa shape index (κ2) is 7.96. The van der Waals surface area contributed by atoms with Crippen LogP contribution in [0.2, 0.25) is 0 Å². The second-order valence-electron chi connectivity index (χ2n) is 6.38. The van der Waals surface area contributed by atoms with E-state index in [-0.39, 0.29) is 18.9 Å². The fourth-order valence-electron chi connectivity index (χ4n) is 2.96. The maximum Gasteiger partial charge on any atom is 0.223 e. The third-order valence-corrected chi connectivity index (χ3v) is 4.97. The highest BCUT2D eigenvalue weighted by molar-refractivity contribution is 7.88. The van der Waals surface area contributed by atoms with Gasteiger partial charge >= 0.3 is 0 Å². The molecule has 0 bridgehead atoms. The van der Waals surface area contributed by atoms with Crippen LogP contribution in [0.25, 0.3) is 0 Å². The Labute approximate surface area is 153 Å². The molecule has 9 heteroatoms. The first-order valence-corrected chi connectivity index (χ1v) is 10.5. The number of amides is 1. The molecule has 8 nitrogen and oxygen atoms in total. The number of aromatic nitrogens is 3. The molecule has 1 aliphatic heterocycles. The van der Waals surface area contributed by atoms with Gasteiger partial charge in [-0.2, -0.15) is 5.10 Å². The molecule has 1 aromatic carbocycles. The van der Waals surface area contributed by atoms with Gasteiger partial charge in [-0.1, -0.05) is 30.3 Å². The summed E-state index contributed by atoms with van der Waals surface area (Å²) in [5.74, 6) is 1.63. The summed E-state index contributed by atoms with van der Waals surface area (Å²) in [7, 11) is -3.27. The maximum atomic E-state index is 12.3. The van der Waals surface area contributed by atoms with Crippen LogP contribution in [0.15, 0.2) is 30.3 Å². The molecule has 1 N–H and O–H groups in total. The molecule has 1 amide bonds. The molecular weight excluding hydrogens is 354 g/mol. The topological polar surface area (TPSA) is 97.2 Å². The van der Waals surface area contributed by atoms with E-state index in [0.717, 1.165) is 17.9 Å². The van der Waals surface area contributed by atoms with E-state index in [0.29, 0.717) is 32.5 Å². The molecule has 0 saturated carbocycles. The molecule has 0 atom stereocenters. The molecule has 26 heavy (non-hydrogen) atoms. The van der Waals surface area contributed by atoms with Gasteiger partial charge < -0.3 is 4.90 Å². The summed E-state index contributed by atoms with van der Waals surface area (Å²) in [5.41, 5.74) is 1.17. The van der Waals surface area contributed by atoms with Crippen LogP contribution in [-0.4, -0.2) is 59.9 Å².